The number of urea groups is 1. The number of nitrogens with one attached hydrogen (secondary N) is 1. The normalized spacial score (nSPS) is 13.4. The van der Waals surface area contributed by atoms with Gasteiger partial charge in [-0.25, -0.2) is 9.78 Å². The number of benzene rings is 1. The molecule has 0 fully saturated rings. The van der Waals surface area contributed by atoms with Crippen LogP contribution in [0.15, 0.2) is 28.9 Å². The van der Waals surface area contributed by atoms with Crippen molar-refractivity contribution < 1.29 is 13.4 Å². The van der Waals surface area contributed by atoms with E-state index in [1.165, 1.54) is 0 Å². The largest absolute Gasteiger partial charge is 0.444 e. The van der Waals surface area contributed by atoms with Crippen LogP contribution in [0, 0.1) is 13.8 Å². The number of nitrogens with zero attached hydrogens (tertiary/aromatic N) is 2. The van der Waals surface area contributed by atoms with Gasteiger partial charge in [-0.3, -0.25) is 4.21 Å². The van der Waals surface area contributed by atoms with Gasteiger partial charge in [-0.1, -0.05) is 6.07 Å². The number of oxazole rings is 1. The van der Waals surface area contributed by atoms with E-state index in [0.29, 0.717) is 17.3 Å². The van der Waals surface area contributed by atoms with E-state index in [1.54, 1.807) is 24.5 Å². The predicted molar refractivity (Wildman–Crippen MR) is 96.6 cm³/mol. The Balaban J connectivity index is 2.16. The van der Waals surface area contributed by atoms with E-state index >= 15 is 0 Å². The zero-order valence-corrected chi connectivity index (χ0v) is 15.4. The van der Waals surface area contributed by atoms with E-state index in [9.17, 15) is 9.00 Å². The smallest absolute Gasteiger partial charge is 0.321 e. The molecule has 2 rings (SSSR count). The highest BCUT2D eigenvalue weighted by Crippen LogP contribution is 2.25. The molecule has 0 aliphatic heterocycles. The first-order chi connectivity index (χ1) is 11.3. The highest BCUT2D eigenvalue weighted by atomic mass is 32.2. The van der Waals surface area contributed by atoms with Crippen LogP contribution in [0.1, 0.15) is 18.2 Å². The van der Waals surface area contributed by atoms with Gasteiger partial charge < -0.3 is 14.6 Å². The van der Waals surface area contributed by atoms with Crippen molar-refractivity contribution in [1.29, 1.82) is 0 Å². The standard InChI is InChI=1S/C17H23N3O3S/c1-11-6-7-14(16-18-12(2)9-23-16)8-15(11)19-17(21)20(4)13(3)10-24(5)22/h6-9,13H,10H2,1-5H3,(H,19,21)/t13-,24+/m0/s1. The van der Waals surface area contributed by atoms with Gasteiger partial charge in [0, 0.05) is 47.1 Å². The van der Waals surface area contributed by atoms with Crippen LogP contribution in [0.5, 0.6) is 0 Å². The van der Waals surface area contributed by atoms with Crippen molar-refractivity contribution in [3.63, 3.8) is 0 Å². The quantitative estimate of drug-likeness (QED) is 0.899. The summed E-state index contributed by atoms with van der Waals surface area (Å²) in [4.78, 5) is 18.3. The Bertz CT molecular complexity index is 757. The minimum Gasteiger partial charge on any atom is -0.444 e. The second-order valence-corrected chi connectivity index (χ2v) is 7.43. The Morgan fingerprint density at radius 1 is 1.42 bits per heavy atom. The molecule has 7 heteroatoms. The molecule has 2 atom stereocenters. The summed E-state index contributed by atoms with van der Waals surface area (Å²) in [6, 6.07) is 5.30. The maximum absolute atomic E-state index is 12.4. The van der Waals surface area contributed by atoms with Crippen molar-refractivity contribution in [2.75, 3.05) is 24.4 Å². The highest BCUT2D eigenvalue weighted by Gasteiger charge is 2.18. The number of amides is 2. The third kappa shape index (κ3) is 4.44. The molecule has 24 heavy (non-hydrogen) atoms. The lowest BCUT2D eigenvalue weighted by molar-refractivity contribution is 0.212. The van der Waals surface area contributed by atoms with E-state index in [-0.39, 0.29) is 12.1 Å². The number of hydrogen-bond acceptors (Lipinski definition) is 4. The average molecular weight is 349 g/mol. The molecule has 0 radical (unpaired) electrons. The maximum atomic E-state index is 12.4. The predicted octanol–water partition coefficient (Wildman–Crippen LogP) is 3.19. The van der Waals surface area contributed by atoms with Gasteiger partial charge >= 0.3 is 6.03 Å². The highest BCUT2D eigenvalue weighted by molar-refractivity contribution is 7.84. The first-order valence-electron chi connectivity index (χ1n) is 7.65. The van der Waals surface area contributed by atoms with Crippen LogP contribution in [-0.2, 0) is 10.8 Å². The van der Waals surface area contributed by atoms with Gasteiger partial charge in [0.25, 0.3) is 0 Å². The Morgan fingerprint density at radius 2 is 2.12 bits per heavy atom. The van der Waals surface area contributed by atoms with Crippen LogP contribution in [0.25, 0.3) is 11.5 Å². The number of carbonyl (C=O) groups is 1. The van der Waals surface area contributed by atoms with Crippen LogP contribution in [0.4, 0.5) is 10.5 Å². The summed E-state index contributed by atoms with van der Waals surface area (Å²) in [6.45, 7) is 5.66. The molecule has 0 aliphatic carbocycles. The molecule has 0 spiro atoms. The Kier molecular flexibility index (Phi) is 5.77. The summed E-state index contributed by atoms with van der Waals surface area (Å²) in [7, 11) is 0.746. The molecule has 1 heterocycles. The fourth-order valence-electron chi connectivity index (χ4n) is 2.23. The van der Waals surface area contributed by atoms with E-state index in [4.69, 9.17) is 4.42 Å². The molecule has 1 N–H and O–H groups in total. The first kappa shape index (κ1) is 18.2. The van der Waals surface area contributed by atoms with E-state index < -0.39 is 10.8 Å². The molecule has 130 valence electrons. The van der Waals surface area contributed by atoms with Crippen molar-refractivity contribution in [3.8, 4) is 11.5 Å². The zero-order chi connectivity index (χ0) is 17.9. The summed E-state index contributed by atoms with van der Waals surface area (Å²) >= 11 is 0. The van der Waals surface area contributed by atoms with E-state index in [1.807, 2.05) is 39.0 Å². The summed E-state index contributed by atoms with van der Waals surface area (Å²) in [5.41, 5.74) is 3.24. The van der Waals surface area contributed by atoms with Crippen LogP contribution in [0.2, 0.25) is 0 Å². The fourth-order valence-corrected chi connectivity index (χ4v) is 3.13. The molecule has 1 aromatic carbocycles. The SMILES string of the molecule is Cc1coc(-c2ccc(C)c(NC(=O)N(C)[C@@H](C)C[S@@](C)=O)c2)n1. The van der Waals surface area contributed by atoms with Crippen molar-refractivity contribution >= 4 is 22.5 Å². The minimum atomic E-state index is -0.952. The summed E-state index contributed by atoms with van der Waals surface area (Å²) in [6.07, 6.45) is 3.22. The lowest BCUT2D eigenvalue weighted by atomic mass is 10.1. The maximum Gasteiger partial charge on any atom is 0.321 e. The number of aromatic nitrogens is 1. The molecule has 0 aliphatic rings. The lowest BCUT2D eigenvalue weighted by Gasteiger charge is -2.25. The van der Waals surface area contributed by atoms with Gasteiger partial charge in [-0.15, -0.1) is 0 Å². The van der Waals surface area contributed by atoms with Crippen LogP contribution < -0.4 is 5.32 Å². The summed E-state index contributed by atoms with van der Waals surface area (Å²) < 4.78 is 16.7. The third-order valence-corrected chi connectivity index (χ3v) is 4.75. The zero-order valence-electron chi connectivity index (χ0n) is 14.6. The monoisotopic (exact) mass is 349 g/mol. The fraction of sp³-hybridized carbons (Fsp3) is 0.412. The van der Waals surface area contributed by atoms with Gasteiger partial charge in [0.1, 0.15) is 6.26 Å². The van der Waals surface area contributed by atoms with Crippen molar-refractivity contribution in [2.45, 2.75) is 26.8 Å². The lowest BCUT2D eigenvalue weighted by Crippen LogP contribution is -2.41. The molecule has 2 aromatic rings. The molecule has 0 bridgehead atoms. The minimum absolute atomic E-state index is 0.117. The number of hydrogen-bond donors (Lipinski definition) is 1. The van der Waals surface area contributed by atoms with Gasteiger partial charge in [0.15, 0.2) is 0 Å². The second kappa shape index (κ2) is 7.61. The Hall–Kier alpha value is -2.15. The van der Waals surface area contributed by atoms with E-state index in [2.05, 4.69) is 10.3 Å². The van der Waals surface area contributed by atoms with Gasteiger partial charge in [-0.2, -0.15) is 0 Å². The molecule has 6 nitrogen and oxygen atoms in total. The molecule has 2 amide bonds. The number of carbonyl (C=O) groups excluding carboxylic acids is 1. The molecular formula is C17H23N3O3S. The first-order valence-corrected chi connectivity index (χ1v) is 9.37. The van der Waals surface area contributed by atoms with Crippen LogP contribution in [-0.4, -0.2) is 45.2 Å². The third-order valence-electron chi connectivity index (χ3n) is 3.80. The van der Waals surface area contributed by atoms with Crippen molar-refractivity contribution in [3.05, 3.63) is 35.7 Å². The molecular weight excluding hydrogens is 326 g/mol. The average Bonchev–Trinajstić information content (AvgIpc) is 2.94. The van der Waals surface area contributed by atoms with Gasteiger partial charge in [-0.05, 0) is 38.5 Å². The summed E-state index contributed by atoms with van der Waals surface area (Å²) in [5, 5.41) is 2.90. The number of anilines is 1. The van der Waals surface area contributed by atoms with Crippen LogP contribution >= 0.6 is 0 Å². The second-order valence-electron chi connectivity index (χ2n) is 5.95. The van der Waals surface area contributed by atoms with Crippen molar-refractivity contribution in [1.82, 2.24) is 9.88 Å². The van der Waals surface area contributed by atoms with Gasteiger partial charge in [0.2, 0.25) is 5.89 Å². The van der Waals surface area contributed by atoms with Gasteiger partial charge in [0.05, 0.1) is 5.69 Å². The Morgan fingerprint density at radius 3 is 2.71 bits per heavy atom. The van der Waals surface area contributed by atoms with E-state index in [0.717, 1.165) is 16.8 Å². The molecule has 0 saturated heterocycles. The molecule has 0 saturated carbocycles. The summed E-state index contributed by atoms with van der Waals surface area (Å²) in [5.74, 6) is 0.963. The van der Waals surface area contributed by atoms with Crippen molar-refractivity contribution in [2.24, 2.45) is 0 Å². The topological polar surface area (TPSA) is 75.4 Å². The van der Waals surface area contributed by atoms with Crippen LogP contribution in [0.3, 0.4) is 0 Å². The number of aryl methyl sites for hydroxylation is 2. The molecule has 1 aromatic heterocycles. The molecule has 0 unspecified atom stereocenters. The number of rotatable bonds is 5. The Labute approximate surface area is 144 Å².